The van der Waals surface area contributed by atoms with E-state index in [-0.39, 0.29) is 29.9 Å². The van der Waals surface area contributed by atoms with E-state index in [0.717, 1.165) is 30.3 Å². The lowest BCUT2D eigenvalue weighted by Gasteiger charge is -2.36. The minimum atomic E-state index is 0. The summed E-state index contributed by atoms with van der Waals surface area (Å²) in [5.41, 5.74) is 1.98. The van der Waals surface area contributed by atoms with Gasteiger partial charge in [-0.05, 0) is 36.6 Å². The van der Waals surface area contributed by atoms with Crippen LogP contribution in [0, 0.1) is 0 Å². The number of nitrogens with one attached hydrogen (secondary N) is 1. The van der Waals surface area contributed by atoms with Crippen molar-refractivity contribution in [1.82, 2.24) is 24.9 Å². The van der Waals surface area contributed by atoms with Gasteiger partial charge in [-0.1, -0.05) is 36.6 Å². The third-order valence-electron chi connectivity index (χ3n) is 6.18. The highest BCUT2D eigenvalue weighted by molar-refractivity contribution is 14.0. The number of nitrogens with zero attached hydrogens (tertiary/aromatic N) is 5. The second-order valence-corrected chi connectivity index (χ2v) is 8.74. The zero-order chi connectivity index (χ0) is 21.6. The summed E-state index contributed by atoms with van der Waals surface area (Å²) in [6.07, 6.45) is 7.56. The number of carbonyl (C=O) groups excluding carboxylic acids is 1. The zero-order valence-electron chi connectivity index (χ0n) is 18.5. The van der Waals surface area contributed by atoms with E-state index in [1.807, 2.05) is 29.2 Å². The molecule has 1 N–H and O–H groups in total. The Morgan fingerprint density at radius 3 is 2.56 bits per heavy atom. The standard InChI is InChI=1S/C23H31ClN6O.HI/c1-25-23(26-17-20-9-10-30(27-20)21-7-2-3-8-21)29-13-11-28(12-14-29)22(31)16-18-5-4-6-19(24)15-18;/h4-6,9-10,15,21H,2-3,7-8,11-14,16-17H2,1H3,(H,25,26);1H. The number of aromatic nitrogens is 2. The van der Waals surface area contributed by atoms with E-state index in [1.54, 1.807) is 7.05 Å². The molecule has 2 heterocycles. The molecule has 0 spiro atoms. The Morgan fingerprint density at radius 1 is 1.16 bits per heavy atom. The Labute approximate surface area is 212 Å². The number of aliphatic imine (C=N–C) groups is 1. The molecule has 1 saturated carbocycles. The number of halogens is 2. The Morgan fingerprint density at radius 2 is 1.88 bits per heavy atom. The van der Waals surface area contributed by atoms with Gasteiger partial charge in [0.15, 0.2) is 5.96 Å². The average Bonchev–Trinajstić information content (AvgIpc) is 3.47. The molecule has 0 unspecified atom stereocenters. The van der Waals surface area contributed by atoms with Gasteiger partial charge in [0, 0.05) is 44.4 Å². The second-order valence-electron chi connectivity index (χ2n) is 8.30. The van der Waals surface area contributed by atoms with Crippen LogP contribution in [0.1, 0.15) is 43.0 Å². The number of amides is 1. The molecule has 1 saturated heterocycles. The first-order valence-electron chi connectivity index (χ1n) is 11.1. The van der Waals surface area contributed by atoms with Crippen molar-refractivity contribution >= 4 is 47.4 Å². The highest BCUT2D eigenvalue weighted by atomic mass is 127. The molecule has 1 aliphatic heterocycles. The van der Waals surface area contributed by atoms with Crippen LogP contribution in [0.2, 0.25) is 5.02 Å². The molecule has 32 heavy (non-hydrogen) atoms. The fourth-order valence-electron chi connectivity index (χ4n) is 4.45. The maximum Gasteiger partial charge on any atom is 0.227 e. The van der Waals surface area contributed by atoms with Gasteiger partial charge in [-0.15, -0.1) is 24.0 Å². The summed E-state index contributed by atoms with van der Waals surface area (Å²) >= 11 is 6.03. The highest BCUT2D eigenvalue weighted by Gasteiger charge is 2.23. The molecule has 7 nitrogen and oxygen atoms in total. The number of rotatable bonds is 5. The van der Waals surface area contributed by atoms with Crippen molar-refractivity contribution in [3.8, 4) is 0 Å². The van der Waals surface area contributed by atoms with Crippen LogP contribution in [-0.2, 0) is 17.8 Å². The van der Waals surface area contributed by atoms with Crippen molar-refractivity contribution in [2.75, 3.05) is 33.2 Å². The predicted octanol–water partition coefficient (Wildman–Crippen LogP) is 3.73. The van der Waals surface area contributed by atoms with Crippen LogP contribution in [-0.4, -0.2) is 64.7 Å². The fraction of sp³-hybridized carbons (Fsp3) is 0.522. The quantitative estimate of drug-likeness (QED) is 0.338. The SMILES string of the molecule is CN=C(NCc1ccn(C2CCCC2)n1)N1CCN(C(=O)Cc2cccc(Cl)c2)CC1.I. The second kappa shape index (κ2) is 11.9. The molecule has 1 amide bonds. The summed E-state index contributed by atoms with van der Waals surface area (Å²) in [4.78, 5) is 21.2. The summed E-state index contributed by atoms with van der Waals surface area (Å²) in [5.74, 6) is 1.000. The molecule has 1 aromatic carbocycles. The number of hydrogen-bond acceptors (Lipinski definition) is 3. The van der Waals surface area contributed by atoms with Gasteiger partial charge in [0.25, 0.3) is 0 Å². The first-order valence-corrected chi connectivity index (χ1v) is 11.5. The van der Waals surface area contributed by atoms with Crippen LogP contribution in [0.3, 0.4) is 0 Å². The monoisotopic (exact) mass is 570 g/mol. The molecule has 174 valence electrons. The molecule has 4 rings (SSSR count). The van der Waals surface area contributed by atoms with E-state index in [1.165, 1.54) is 25.7 Å². The Bertz CT molecular complexity index is 919. The van der Waals surface area contributed by atoms with E-state index in [2.05, 4.69) is 32.2 Å². The molecule has 1 aromatic heterocycles. The lowest BCUT2D eigenvalue weighted by atomic mass is 10.1. The highest BCUT2D eigenvalue weighted by Crippen LogP contribution is 2.28. The lowest BCUT2D eigenvalue weighted by molar-refractivity contribution is -0.131. The number of carbonyl (C=O) groups is 1. The molecule has 0 radical (unpaired) electrons. The third-order valence-corrected chi connectivity index (χ3v) is 6.41. The predicted molar refractivity (Wildman–Crippen MR) is 139 cm³/mol. The number of benzene rings is 1. The lowest BCUT2D eigenvalue weighted by Crippen LogP contribution is -2.53. The number of hydrogen-bond donors (Lipinski definition) is 1. The molecule has 2 aromatic rings. The van der Waals surface area contributed by atoms with Crippen molar-refractivity contribution < 1.29 is 4.79 Å². The Kier molecular flexibility index (Phi) is 9.22. The summed E-state index contributed by atoms with van der Waals surface area (Å²) in [6, 6.07) is 10.2. The molecular weight excluding hydrogens is 539 g/mol. The third kappa shape index (κ3) is 6.37. The van der Waals surface area contributed by atoms with Crippen LogP contribution in [0.4, 0.5) is 0 Å². The van der Waals surface area contributed by atoms with Gasteiger partial charge < -0.3 is 15.1 Å². The van der Waals surface area contributed by atoms with Crippen LogP contribution in [0.15, 0.2) is 41.5 Å². The normalized spacial score (nSPS) is 17.4. The van der Waals surface area contributed by atoms with Gasteiger partial charge in [-0.2, -0.15) is 5.10 Å². The Balaban J connectivity index is 0.00000289. The topological polar surface area (TPSA) is 65.8 Å². The maximum atomic E-state index is 12.7. The Hall–Kier alpha value is -1.81. The van der Waals surface area contributed by atoms with E-state index in [0.29, 0.717) is 37.1 Å². The van der Waals surface area contributed by atoms with Crippen LogP contribution in [0.25, 0.3) is 0 Å². The number of piperazine rings is 1. The van der Waals surface area contributed by atoms with Crippen LogP contribution >= 0.6 is 35.6 Å². The zero-order valence-corrected chi connectivity index (χ0v) is 21.6. The van der Waals surface area contributed by atoms with E-state index >= 15 is 0 Å². The molecule has 1 aliphatic carbocycles. The van der Waals surface area contributed by atoms with Crippen molar-refractivity contribution in [1.29, 1.82) is 0 Å². The fourth-order valence-corrected chi connectivity index (χ4v) is 4.66. The van der Waals surface area contributed by atoms with Gasteiger partial charge in [-0.3, -0.25) is 14.5 Å². The maximum absolute atomic E-state index is 12.7. The van der Waals surface area contributed by atoms with Gasteiger partial charge in [0.1, 0.15) is 0 Å². The van der Waals surface area contributed by atoms with Crippen molar-refractivity contribution in [3.05, 3.63) is 52.8 Å². The minimum Gasteiger partial charge on any atom is -0.351 e. The van der Waals surface area contributed by atoms with E-state index in [9.17, 15) is 4.79 Å². The molecule has 0 bridgehead atoms. The van der Waals surface area contributed by atoms with E-state index < -0.39 is 0 Å². The molecule has 2 fully saturated rings. The van der Waals surface area contributed by atoms with Crippen molar-refractivity contribution in [3.63, 3.8) is 0 Å². The largest absolute Gasteiger partial charge is 0.351 e. The average molecular weight is 571 g/mol. The summed E-state index contributed by atoms with van der Waals surface area (Å²) in [6.45, 7) is 3.56. The summed E-state index contributed by atoms with van der Waals surface area (Å²) in [7, 11) is 1.80. The smallest absolute Gasteiger partial charge is 0.227 e. The van der Waals surface area contributed by atoms with Gasteiger partial charge in [-0.25, -0.2) is 0 Å². The van der Waals surface area contributed by atoms with Crippen molar-refractivity contribution in [2.24, 2.45) is 4.99 Å². The minimum absolute atomic E-state index is 0. The summed E-state index contributed by atoms with van der Waals surface area (Å²) < 4.78 is 2.12. The molecule has 2 aliphatic rings. The molecule has 9 heteroatoms. The first kappa shape index (κ1) is 24.8. The van der Waals surface area contributed by atoms with Crippen LogP contribution < -0.4 is 5.32 Å². The molecule has 0 atom stereocenters. The van der Waals surface area contributed by atoms with Crippen molar-refractivity contribution in [2.45, 2.75) is 44.7 Å². The van der Waals surface area contributed by atoms with Gasteiger partial charge in [0.05, 0.1) is 24.7 Å². The number of guanidine groups is 1. The van der Waals surface area contributed by atoms with Gasteiger partial charge in [0.2, 0.25) is 5.91 Å². The molecular formula is C23H32ClIN6O. The first-order chi connectivity index (χ1) is 15.1. The summed E-state index contributed by atoms with van der Waals surface area (Å²) in [5, 5.41) is 8.84. The van der Waals surface area contributed by atoms with Gasteiger partial charge >= 0.3 is 0 Å². The van der Waals surface area contributed by atoms with Crippen LogP contribution in [0.5, 0.6) is 0 Å². The van der Waals surface area contributed by atoms with E-state index in [4.69, 9.17) is 16.7 Å².